The van der Waals surface area contributed by atoms with Gasteiger partial charge in [-0.3, -0.25) is 9.59 Å². The van der Waals surface area contributed by atoms with Crippen molar-refractivity contribution in [2.45, 2.75) is 19.4 Å². The lowest BCUT2D eigenvalue weighted by atomic mass is 10.0. The number of nitrogens with two attached hydrogens (primary N) is 1. The van der Waals surface area contributed by atoms with Gasteiger partial charge in [-0.2, -0.15) is 0 Å². The Hall–Kier alpha value is -3.46. The van der Waals surface area contributed by atoms with E-state index in [-0.39, 0.29) is 17.6 Å². The van der Waals surface area contributed by atoms with Gasteiger partial charge in [0.2, 0.25) is 11.8 Å². The molecule has 1 atom stereocenters. The second-order valence-corrected chi connectivity index (χ2v) is 5.79. The number of nitrogens with one attached hydrogen (secondary N) is 2. The van der Waals surface area contributed by atoms with Gasteiger partial charge in [-0.05, 0) is 35.9 Å². The summed E-state index contributed by atoms with van der Waals surface area (Å²) in [7, 11) is 1.53. The van der Waals surface area contributed by atoms with Gasteiger partial charge in [0.25, 0.3) is 0 Å². The topological polar surface area (TPSA) is 104 Å². The smallest absolute Gasteiger partial charge is 0.242 e. The molecule has 6 nitrogen and oxygen atoms in total. The van der Waals surface area contributed by atoms with Gasteiger partial charge in [-0.25, -0.2) is 0 Å². The lowest BCUT2D eigenvalue weighted by Gasteiger charge is -2.16. The van der Waals surface area contributed by atoms with E-state index in [9.17, 15) is 14.7 Å². The first-order valence-electron chi connectivity index (χ1n) is 8.07. The minimum Gasteiger partial charge on any atom is -0.508 e. The summed E-state index contributed by atoms with van der Waals surface area (Å²) >= 11 is 0. The summed E-state index contributed by atoms with van der Waals surface area (Å²) in [5, 5.41) is 14.7. The maximum Gasteiger partial charge on any atom is 0.242 e. The maximum absolute atomic E-state index is 11.9. The average Bonchev–Trinajstić information content (AvgIpc) is 2.62. The molecular weight excluding hydrogens is 330 g/mol. The highest BCUT2D eigenvalue weighted by atomic mass is 16.3. The largest absolute Gasteiger partial charge is 0.508 e. The van der Waals surface area contributed by atoms with E-state index < -0.39 is 6.04 Å². The van der Waals surface area contributed by atoms with Crippen LogP contribution in [-0.4, -0.2) is 30.0 Å². The third kappa shape index (κ3) is 5.28. The van der Waals surface area contributed by atoms with Crippen LogP contribution in [0.25, 0.3) is 0 Å². The van der Waals surface area contributed by atoms with Crippen LogP contribution < -0.4 is 16.4 Å². The summed E-state index contributed by atoms with van der Waals surface area (Å²) in [6.45, 7) is 1.38. The van der Waals surface area contributed by atoms with E-state index in [1.54, 1.807) is 6.07 Å². The van der Waals surface area contributed by atoms with Crippen LogP contribution in [-0.2, 0) is 16.0 Å². The number of likely N-dealkylation sites (N-methyl/N-ethyl adjacent to an activating group) is 1. The zero-order chi connectivity index (χ0) is 19.1. The quantitative estimate of drug-likeness (QED) is 0.377. The maximum atomic E-state index is 11.9. The molecule has 0 heterocycles. The highest BCUT2D eigenvalue weighted by Gasteiger charge is 2.18. The number of hydrogen-bond acceptors (Lipinski definition) is 4. The standard InChI is InChI=1S/C20H21N3O3/c1-13(24)23-19(20(26)22-2)11-15-5-3-14(4-6-15)7-8-16-12-17(25)9-10-18(16)21/h3-6,9-10,12,19,25H,11,21H2,1-2H3,(H,22,26)(H,23,24). The summed E-state index contributed by atoms with van der Waals surface area (Å²) in [4.78, 5) is 23.1. The Morgan fingerprint density at radius 2 is 1.85 bits per heavy atom. The van der Waals surface area contributed by atoms with Crippen molar-refractivity contribution in [2.24, 2.45) is 0 Å². The number of amides is 2. The predicted molar refractivity (Wildman–Crippen MR) is 100 cm³/mol. The molecule has 26 heavy (non-hydrogen) atoms. The van der Waals surface area contributed by atoms with Crippen molar-refractivity contribution in [1.82, 2.24) is 10.6 Å². The van der Waals surface area contributed by atoms with E-state index in [0.29, 0.717) is 17.7 Å². The van der Waals surface area contributed by atoms with Gasteiger partial charge in [0.1, 0.15) is 11.8 Å². The van der Waals surface area contributed by atoms with E-state index in [2.05, 4.69) is 22.5 Å². The molecule has 2 aromatic rings. The van der Waals surface area contributed by atoms with Crippen molar-refractivity contribution in [1.29, 1.82) is 0 Å². The first kappa shape index (κ1) is 18.9. The number of nitrogen functional groups attached to an aromatic ring is 1. The molecule has 0 saturated heterocycles. The molecule has 0 radical (unpaired) electrons. The predicted octanol–water partition coefficient (Wildman–Crippen LogP) is 1.17. The molecule has 0 aliphatic carbocycles. The Bertz CT molecular complexity index is 864. The average molecular weight is 351 g/mol. The molecule has 0 saturated carbocycles. The van der Waals surface area contributed by atoms with Gasteiger partial charge in [-0.15, -0.1) is 0 Å². The van der Waals surface area contributed by atoms with Crippen molar-refractivity contribution in [3.05, 3.63) is 59.2 Å². The SMILES string of the molecule is CNC(=O)C(Cc1ccc(C#Cc2cc(O)ccc2N)cc1)NC(C)=O. The summed E-state index contributed by atoms with van der Waals surface area (Å²) < 4.78 is 0. The number of aromatic hydroxyl groups is 1. The fraction of sp³-hybridized carbons (Fsp3) is 0.200. The summed E-state index contributed by atoms with van der Waals surface area (Å²) in [5.41, 5.74) is 8.55. The summed E-state index contributed by atoms with van der Waals surface area (Å²) in [6.07, 6.45) is 0.381. The van der Waals surface area contributed by atoms with E-state index >= 15 is 0 Å². The van der Waals surface area contributed by atoms with Crippen LogP contribution in [0.3, 0.4) is 0 Å². The second kappa shape index (κ2) is 8.58. The fourth-order valence-electron chi connectivity index (χ4n) is 2.38. The molecule has 2 aromatic carbocycles. The number of carbonyl (C=O) groups excluding carboxylic acids is 2. The minimum absolute atomic E-state index is 0.108. The van der Waals surface area contributed by atoms with Crippen LogP contribution in [0.15, 0.2) is 42.5 Å². The molecule has 134 valence electrons. The third-order valence-corrected chi connectivity index (χ3v) is 3.71. The highest BCUT2D eigenvalue weighted by molar-refractivity contribution is 5.86. The van der Waals surface area contributed by atoms with Crippen molar-refractivity contribution in [3.63, 3.8) is 0 Å². The molecule has 6 heteroatoms. The lowest BCUT2D eigenvalue weighted by Crippen LogP contribution is -2.46. The molecule has 5 N–H and O–H groups in total. The van der Waals surface area contributed by atoms with E-state index in [1.165, 1.54) is 26.1 Å². The van der Waals surface area contributed by atoms with E-state index in [4.69, 9.17) is 5.73 Å². The molecule has 0 aliphatic rings. The molecular formula is C20H21N3O3. The summed E-state index contributed by atoms with van der Waals surface area (Å²) in [5.74, 6) is 5.52. The molecule has 2 amide bonds. The van der Waals surface area contributed by atoms with Crippen molar-refractivity contribution in [2.75, 3.05) is 12.8 Å². The van der Waals surface area contributed by atoms with Crippen LogP contribution >= 0.6 is 0 Å². The van der Waals surface area contributed by atoms with Crippen LogP contribution in [0.1, 0.15) is 23.6 Å². The Morgan fingerprint density at radius 3 is 2.46 bits per heavy atom. The molecule has 0 bridgehead atoms. The number of benzene rings is 2. The van der Waals surface area contributed by atoms with Crippen LogP contribution in [0, 0.1) is 11.8 Å². The molecule has 0 spiro atoms. The summed E-state index contributed by atoms with van der Waals surface area (Å²) in [6, 6.07) is 11.4. The number of carbonyl (C=O) groups is 2. The zero-order valence-electron chi connectivity index (χ0n) is 14.7. The first-order valence-corrected chi connectivity index (χ1v) is 8.07. The lowest BCUT2D eigenvalue weighted by molar-refractivity contribution is -0.127. The van der Waals surface area contributed by atoms with Crippen molar-refractivity contribution >= 4 is 17.5 Å². The highest BCUT2D eigenvalue weighted by Crippen LogP contribution is 2.17. The van der Waals surface area contributed by atoms with E-state index in [1.807, 2.05) is 24.3 Å². The molecule has 0 aromatic heterocycles. The first-order chi connectivity index (χ1) is 12.4. The number of rotatable bonds is 4. The number of hydrogen-bond donors (Lipinski definition) is 4. The minimum atomic E-state index is -0.624. The van der Waals surface area contributed by atoms with Gasteiger partial charge in [0, 0.05) is 31.6 Å². The molecule has 0 aliphatic heterocycles. The van der Waals surface area contributed by atoms with Gasteiger partial charge in [-0.1, -0.05) is 24.0 Å². The molecule has 2 rings (SSSR count). The zero-order valence-corrected chi connectivity index (χ0v) is 14.7. The molecule has 1 unspecified atom stereocenters. The van der Waals surface area contributed by atoms with Crippen LogP contribution in [0.2, 0.25) is 0 Å². The third-order valence-electron chi connectivity index (χ3n) is 3.71. The Balaban J connectivity index is 2.13. The monoisotopic (exact) mass is 351 g/mol. The second-order valence-electron chi connectivity index (χ2n) is 5.79. The van der Waals surface area contributed by atoms with Crippen molar-refractivity contribution in [3.8, 4) is 17.6 Å². The van der Waals surface area contributed by atoms with Gasteiger partial charge in [0.15, 0.2) is 0 Å². The van der Waals surface area contributed by atoms with Gasteiger partial charge >= 0.3 is 0 Å². The Kier molecular flexibility index (Phi) is 6.23. The molecule has 0 fully saturated rings. The number of phenolic OH excluding ortho intramolecular Hbond substituents is 1. The van der Waals surface area contributed by atoms with Gasteiger partial charge < -0.3 is 21.5 Å². The van der Waals surface area contributed by atoms with Crippen LogP contribution in [0.5, 0.6) is 5.75 Å². The Morgan fingerprint density at radius 1 is 1.15 bits per heavy atom. The van der Waals surface area contributed by atoms with Gasteiger partial charge in [0.05, 0.1) is 5.56 Å². The van der Waals surface area contributed by atoms with Crippen LogP contribution in [0.4, 0.5) is 5.69 Å². The van der Waals surface area contributed by atoms with Crippen molar-refractivity contribution < 1.29 is 14.7 Å². The number of phenols is 1. The fourth-order valence-corrected chi connectivity index (χ4v) is 2.38. The normalized spacial score (nSPS) is 11.0. The Labute approximate surface area is 152 Å². The number of anilines is 1. The van der Waals surface area contributed by atoms with E-state index in [0.717, 1.165) is 11.1 Å².